The molecule has 0 saturated heterocycles. The summed E-state index contributed by atoms with van der Waals surface area (Å²) < 4.78 is 0. The molecule has 0 bridgehead atoms. The lowest BCUT2D eigenvalue weighted by atomic mass is 10.1. The van der Waals surface area contributed by atoms with E-state index in [1.54, 1.807) is 0 Å². The predicted molar refractivity (Wildman–Crippen MR) is 169 cm³/mol. The van der Waals surface area contributed by atoms with E-state index in [0.717, 1.165) is 30.2 Å². The number of hydrogen-bond acceptors (Lipinski definition) is 2. The maximum absolute atomic E-state index is 2.41. The van der Waals surface area contributed by atoms with E-state index in [-0.39, 0.29) is 0 Å². The molecule has 5 aromatic carbocycles. The average molecular weight is 509 g/mol. The molecule has 194 valence electrons. The van der Waals surface area contributed by atoms with Gasteiger partial charge in [-0.2, -0.15) is 0 Å². The summed E-state index contributed by atoms with van der Waals surface area (Å²) in [6, 6.07) is 45.7. The van der Waals surface area contributed by atoms with Crippen LogP contribution in [0.3, 0.4) is 0 Å². The Morgan fingerprint density at radius 3 is 1.62 bits per heavy atom. The monoisotopic (exact) mass is 508 g/mol. The van der Waals surface area contributed by atoms with Gasteiger partial charge in [-0.05, 0) is 86.0 Å². The summed E-state index contributed by atoms with van der Waals surface area (Å²) in [5.41, 5.74) is 10.9. The van der Waals surface area contributed by atoms with Gasteiger partial charge in [0.05, 0.1) is 0 Å². The molecule has 0 fully saturated rings. The molecule has 0 N–H and O–H groups in total. The quantitative estimate of drug-likeness (QED) is 0.183. The molecule has 39 heavy (non-hydrogen) atoms. The Morgan fingerprint density at radius 2 is 1.05 bits per heavy atom. The Labute approximate surface area is 233 Å². The molecule has 0 saturated carbocycles. The van der Waals surface area contributed by atoms with Crippen LogP contribution in [0, 0.1) is 13.8 Å². The minimum absolute atomic E-state index is 0.907. The van der Waals surface area contributed by atoms with Crippen LogP contribution in [-0.4, -0.2) is 6.54 Å². The molecule has 0 aliphatic carbocycles. The first-order chi connectivity index (χ1) is 19.1. The standard InChI is InChI=1S/C37H36N2/c1-4-38(28-33-9-6-5-7-10-33)37-12-8-11-32(27-37)18-17-31-19-25-36(26-20-31)39(34-21-13-29(2)14-22-34)35-23-15-30(3)16-24-35/h5-27H,4,28H2,1-3H3. The van der Waals surface area contributed by atoms with Crippen LogP contribution in [0.2, 0.25) is 0 Å². The van der Waals surface area contributed by atoms with Gasteiger partial charge in [-0.3, -0.25) is 0 Å². The minimum atomic E-state index is 0.907. The minimum Gasteiger partial charge on any atom is -0.367 e. The van der Waals surface area contributed by atoms with Crippen molar-refractivity contribution < 1.29 is 0 Å². The molecule has 2 nitrogen and oxygen atoms in total. The zero-order valence-electron chi connectivity index (χ0n) is 23.1. The number of benzene rings is 5. The smallest absolute Gasteiger partial charge is 0.0462 e. The van der Waals surface area contributed by atoms with Crippen molar-refractivity contribution in [2.45, 2.75) is 27.3 Å². The molecule has 0 aromatic heterocycles. The molecule has 0 unspecified atom stereocenters. The molecule has 0 aliphatic rings. The van der Waals surface area contributed by atoms with Crippen LogP contribution in [0.25, 0.3) is 12.2 Å². The lowest BCUT2D eigenvalue weighted by molar-refractivity contribution is 0.832. The SMILES string of the molecule is CCN(Cc1ccccc1)c1cccc(C=Cc2ccc(N(c3ccc(C)cc3)c3ccc(C)cc3)cc2)c1. The highest BCUT2D eigenvalue weighted by molar-refractivity contribution is 5.78. The Bertz CT molecular complexity index is 1450. The Kier molecular flexibility index (Phi) is 8.23. The first kappa shape index (κ1) is 26.1. The van der Waals surface area contributed by atoms with Gasteiger partial charge in [-0.25, -0.2) is 0 Å². The Morgan fingerprint density at radius 1 is 0.513 bits per heavy atom. The van der Waals surface area contributed by atoms with Crippen LogP contribution in [0.4, 0.5) is 22.7 Å². The number of rotatable bonds is 9. The summed E-state index contributed by atoms with van der Waals surface area (Å²) in [7, 11) is 0. The van der Waals surface area contributed by atoms with E-state index in [0.29, 0.717) is 0 Å². The number of hydrogen-bond donors (Lipinski definition) is 0. The van der Waals surface area contributed by atoms with Crippen LogP contribution < -0.4 is 9.80 Å². The average Bonchev–Trinajstić information content (AvgIpc) is 2.98. The largest absolute Gasteiger partial charge is 0.367 e. The van der Waals surface area contributed by atoms with Crippen molar-refractivity contribution in [3.8, 4) is 0 Å². The van der Waals surface area contributed by atoms with Gasteiger partial charge in [-0.1, -0.05) is 102 Å². The van der Waals surface area contributed by atoms with Gasteiger partial charge in [0.1, 0.15) is 0 Å². The van der Waals surface area contributed by atoms with Gasteiger partial charge in [0.15, 0.2) is 0 Å². The third kappa shape index (κ3) is 6.66. The van der Waals surface area contributed by atoms with Crippen LogP contribution in [0.15, 0.2) is 127 Å². The van der Waals surface area contributed by atoms with Crippen LogP contribution in [-0.2, 0) is 6.54 Å². The number of aryl methyl sites for hydroxylation is 2. The Balaban J connectivity index is 1.35. The van der Waals surface area contributed by atoms with Crippen molar-refractivity contribution in [3.05, 3.63) is 155 Å². The fourth-order valence-corrected chi connectivity index (χ4v) is 4.78. The summed E-state index contributed by atoms with van der Waals surface area (Å²) in [5.74, 6) is 0. The second kappa shape index (κ2) is 12.3. The third-order valence-corrected chi connectivity index (χ3v) is 7.04. The molecule has 0 spiro atoms. The van der Waals surface area contributed by atoms with Crippen LogP contribution in [0.5, 0.6) is 0 Å². The zero-order chi connectivity index (χ0) is 27.0. The van der Waals surface area contributed by atoms with Crippen molar-refractivity contribution in [1.82, 2.24) is 0 Å². The number of anilines is 4. The first-order valence-corrected chi connectivity index (χ1v) is 13.7. The van der Waals surface area contributed by atoms with Gasteiger partial charge in [0.25, 0.3) is 0 Å². The fraction of sp³-hybridized carbons (Fsp3) is 0.135. The molecule has 0 radical (unpaired) electrons. The third-order valence-electron chi connectivity index (χ3n) is 7.04. The van der Waals surface area contributed by atoms with Gasteiger partial charge in [0, 0.05) is 35.8 Å². The normalized spacial score (nSPS) is 11.1. The predicted octanol–water partition coefficient (Wildman–Crippen LogP) is 9.97. The summed E-state index contributed by atoms with van der Waals surface area (Å²) in [6.45, 7) is 8.33. The summed E-state index contributed by atoms with van der Waals surface area (Å²) in [5, 5.41) is 0. The van der Waals surface area contributed by atoms with Gasteiger partial charge < -0.3 is 9.80 Å². The molecular weight excluding hydrogens is 472 g/mol. The first-order valence-electron chi connectivity index (χ1n) is 13.7. The molecular formula is C37H36N2. The molecule has 0 atom stereocenters. The summed E-state index contributed by atoms with van der Waals surface area (Å²) >= 11 is 0. The van der Waals surface area contributed by atoms with Crippen molar-refractivity contribution in [2.24, 2.45) is 0 Å². The highest BCUT2D eigenvalue weighted by atomic mass is 15.1. The van der Waals surface area contributed by atoms with Crippen LogP contribution >= 0.6 is 0 Å². The Hall–Kier alpha value is -4.56. The molecule has 0 aliphatic heterocycles. The van der Waals surface area contributed by atoms with E-state index in [2.05, 4.69) is 170 Å². The highest BCUT2D eigenvalue weighted by Crippen LogP contribution is 2.35. The van der Waals surface area contributed by atoms with Crippen molar-refractivity contribution in [2.75, 3.05) is 16.3 Å². The van der Waals surface area contributed by atoms with E-state index < -0.39 is 0 Å². The summed E-state index contributed by atoms with van der Waals surface area (Å²) in [4.78, 5) is 4.72. The fourth-order valence-electron chi connectivity index (χ4n) is 4.78. The molecule has 0 amide bonds. The van der Waals surface area contributed by atoms with Gasteiger partial charge in [0.2, 0.25) is 0 Å². The van der Waals surface area contributed by atoms with E-state index in [4.69, 9.17) is 0 Å². The van der Waals surface area contributed by atoms with Crippen molar-refractivity contribution in [1.29, 1.82) is 0 Å². The number of nitrogens with zero attached hydrogens (tertiary/aromatic N) is 2. The lowest BCUT2D eigenvalue weighted by Crippen LogP contribution is -2.21. The molecule has 0 heterocycles. The zero-order valence-corrected chi connectivity index (χ0v) is 23.1. The van der Waals surface area contributed by atoms with Crippen LogP contribution in [0.1, 0.15) is 34.7 Å². The lowest BCUT2D eigenvalue weighted by Gasteiger charge is -2.26. The van der Waals surface area contributed by atoms with Gasteiger partial charge in [-0.15, -0.1) is 0 Å². The van der Waals surface area contributed by atoms with Crippen molar-refractivity contribution in [3.63, 3.8) is 0 Å². The van der Waals surface area contributed by atoms with E-state index >= 15 is 0 Å². The van der Waals surface area contributed by atoms with E-state index in [1.807, 2.05) is 0 Å². The maximum atomic E-state index is 2.41. The van der Waals surface area contributed by atoms with E-state index in [1.165, 1.54) is 33.5 Å². The molecule has 5 rings (SSSR count). The van der Waals surface area contributed by atoms with E-state index in [9.17, 15) is 0 Å². The van der Waals surface area contributed by atoms with Gasteiger partial charge >= 0.3 is 0 Å². The topological polar surface area (TPSA) is 6.48 Å². The summed E-state index contributed by atoms with van der Waals surface area (Å²) in [6.07, 6.45) is 4.39. The molecule has 5 aromatic rings. The van der Waals surface area contributed by atoms with Crippen molar-refractivity contribution >= 4 is 34.9 Å². The maximum Gasteiger partial charge on any atom is 0.0462 e. The second-order valence-electron chi connectivity index (χ2n) is 10.0. The highest BCUT2D eigenvalue weighted by Gasteiger charge is 2.12. The second-order valence-corrected chi connectivity index (χ2v) is 10.0. The molecule has 2 heteroatoms.